The number of pyridine rings is 3. The Hall–Kier alpha value is -3.33. The van der Waals surface area contributed by atoms with Crippen LogP contribution < -0.4 is 20.7 Å². The number of nitrogens with one attached hydrogen (secondary N) is 1. The molecule has 9 heteroatoms. The van der Waals surface area contributed by atoms with Crippen LogP contribution in [0.5, 0.6) is 0 Å². The van der Waals surface area contributed by atoms with E-state index in [1.807, 2.05) is 38.7 Å². The lowest BCUT2D eigenvalue weighted by atomic mass is 9.99. The highest BCUT2D eigenvalue weighted by molar-refractivity contribution is 6.11. The van der Waals surface area contributed by atoms with Crippen LogP contribution in [0.15, 0.2) is 29.3 Å². The standard InChI is InChI=1S/C24H27FN6O2/c1-12(2)18-19(13(3)6-7-26-18)31-22-16(8-15(25)9-28-22)20-21(24(31)33)29(5)23(32)17-10-27-14(4)11-30(17)20/h6-9,12,14,17,27H,10-11H2,1-5H3. The molecule has 3 aromatic heterocycles. The first-order valence-electron chi connectivity index (χ1n) is 11.2. The third-order valence-corrected chi connectivity index (χ3v) is 6.60. The Balaban J connectivity index is 1.95. The van der Waals surface area contributed by atoms with Crippen molar-refractivity contribution in [3.63, 3.8) is 0 Å². The molecule has 2 aliphatic heterocycles. The van der Waals surface area contributed by atoms with Crippen LogP contribution in [0.3, 0.4) is 0 Å². The molecule has 0 radical (unpaired) electrons. The number of rotatable bonds is 2. The molecule has 1 N–H and O–H groups in total. The van der Waals surface area contributed by atoms with E-state index in [0.29, 0.717) is 35.5 Å². The highest BCUT2D eigenvalue weighted by Gasteiger charge is 2.43. The zero-order chi connectivity index (χ0) is 23.6. The third-order valence-electron chi connectivity index (χ3n) is 6.60. The molecule has 0 aliphatic carbocycles. The van der Waals surface area contributed by atoms with Gasteiger partial charge in [-0.1, -0.05) is 13.8 Å². The minimum atomic E-state index is -0.499. The molecule has 2 aliphatic rings. The molecule has 8 nitrogen and oxygen atoms in total. The van der Waals surface area contributed by atoms with Crippen molar-refractivity contribution < 1.29 is 9.18 Å². The zero-order valence-electron chi connectivity index (χ0n) is 19.4. The fraction of sp³-hybridized carbons (Fsp3) is 0.417. The van der Waals surface area contributed by atoms with Crippen LogP contribution >= 0.6 is 0 Å². The van der Waals surface area contributed by atoms with Gasteiger partial charge >= 0.3 is 0 Å². The number of anilines is 2. The molecule has 2 atom stereocenters. The van der Waals surface area contributed by atoms with Crippen LogP contribution in [0.1, 0.15) is 37.9 Å². The molecule has 0 bridgehead atoms. The number of piperazine rings is 1. The highest BCUT2D eigenvalue weighted by atomic mass is 19.1. The predicted molar refractivity (Wildman–Crippen MR) is 126 cm³/mol. The summed E-state index contributed by atoms with van der Waals surface area (Å²) in [4.78, 5) is 39.7. The number of amides is 1. The second-order valence-electron chi connectivity index (χ2n) is 9.25. The van der Waals surface area contributed by atoms with Gasteiger partial charge in [-0.3, -0.25) is 19.1 Å². The summed E-state index contributed by atoms with van der Waals surface area (Å²) >= 11 is 0. The quantitative estimate of drug-likeness (QED) is 0.646. The normalized spacial score (nSPS) is 20.4. The van der Waals surface area contributed by atoms with Gasteiger partial charge in [-0.2, -0.15) is 0 Å². The molecular weight excluding hydrogens is 423 g/mol. The summed E-state index contributed by atoms with van der Waals surface area (Å²) in [7, 11) is 1.61. The Morgan fingerprint density at radius 2 is 1.94 bits per heavy atom. The van der Waals surface area contributed by atoms with E-state index in [1.165, 1.54) is 15.5 Å². The molecule has 2 unspecified atom stereocenters. The molecular formula is C24H27FN6O2. The number of fused-ring (bicyclic) bond motifs is 5. The molecule has 1 fully saturated rings. The highest BCUT2D eigenvalue weighted by Crippen LogP contribution is 2.40. The molecule has 5 rings (SSSR count). The van der Waals surface area contributed by atoms with Gasteiger partial charge in [-0.25, -0.2) is 9.37 Å². The maximum Gasteiger partial charge on any atom is 0.283 e. The summed E-state index contributed by atoms with van der Waals surface area (Å²) in [6.45, 7) is 8.92. The number of nitrogens with zero attached hydrogens (tertiary/aromatic N) is 5. The van der Waals surface area contributed by atoms with Gasteiger partial charge in [0.15, 0.2) is 0 Å². The Morgan fingerprint density at radius 1 is 1.18 bits per heavy atom. The van der Waals surface area contributed by atoms with Crippen molar-refractivity contribution >= 4 is 28.3 Å². The van der Waals surface area contributed by atoms with Crippen LogP contribution in [-0.2, 0) is 4.79 Å². The number of aryl methyl sites for hydroxylation is 1. The maximum absolute atomic E-state index is 14.5. The summed E-state index contributed by atoms with van der Waals surface area (Å²) in [6.07, 6.45) is 2.84. The van der Waals surface area contributed by atoms with Crippen molar-refractivity contribution in [2.45, 2.75) is 45.7 Å². The summed E-state index contributed by atoms with van der Waals surface area (Å²) in [5.74, 6) is -0.626. The first kappa shape index (κ1) is 21.5. The number of hydrogen-bond acceptors (Lipinski definition) is 6. The third kappa shape index (κ3) is 3.13. The first-order chi connectivity index (χ1) is 15.7. The number of carbonyl (C=O) groups excluding carboxylic acids is 1. The van der Waals surface area contributed by atoms with Crippen LogP contribution in [0, 0.1) is 12.7 Å². The number of likely N-dealkylation sites (N-methyl/N-ethyl adjacent to an activating group) is 1. The molecule has 0 spiro atoms. The largest absolute Gasteiger partial charge is 0.354 e. The predicted octanol–water partition coefficient (Wildman–Crippen LogP) is 2.49. The van der Waals surface area contributed by atoms with Gasteiger partial charge in [0.2, 0.25) is 0 Å². The van der Waals surface area contributed by atoms with E-state index in [4.69, 9.17) is 0 Å². The Morgan fingerprint density at radius 3 is 2.67 bits per heavy atom. The zero-order valence-corrected chi connectivity index (χ0v) is 19.4. The van der Waals surface area contributed by atoms with Crippen molar-refractivity contribution in [1.82, 2.24) is 19.9 Å². The summed E-state index contributed by atoms with van der Waals surface area (Å²) in [5.41, 5.74) is 3.00. The van der Waals surface area contributed by atoms with E-state index < -0.39 is 11.9 Å². The van der Waals surface area contributed by atoms with Crippen molar-refractivity contribution in [1.29, 1.82) is 0 Å². The molecule has 3 aromatic rings. The fourth-order valence-corrected chi connectivity index (χ4v) is 5.01. The Labute approximate surface area is 191 Å². The van der Waals surface area contributed by atoms with E-state index in [0.717, 1.165) is 17.5 Å². The van der Waals surface area contributed by atoms with E-state index in [1.54, 1.807) is 13.2 Å². The molecule has 0 aromatic carbocycles. The van der Waals surface area contributed by atoms with Gasteiger partial charge in [0.05, 0.1) is 23.3 Å². The molecule has 1 amide bonds. The summed E-state index contributed by atoms with van der Waals surface area (Å²) < 4.78 is 16.0. The smallest absolute Gasteiger partial charge is 0.283 e. The molecule has 172 valence electrons. The van der Waals surface area contributed by atoms with Crippen molar-refractivity contribution in [3.05, 3.63) is 52.0 Å². The fourth-order valence-electron chi connectivity index (χ4n) is 5.01. The second kappa shape index (κ2) is 7.62. The van der Waals surface area contributed by atoms with E-state index in [9.17, 15) is 14.0 Å². The molecule has 5 heterocycles. The van der Waals surface area contributed by atoms with Gasteiger partial charge in [0.1, 0.15) is 23.2 Å². The topological polar surface area (TPSA) is 83.4 Å². The van der Waals surface area contributed by atoms with E-state index in [2.05, 4.69) is 15.3 Å². The monoisotopic (exact) mass is 450 g/mol. The molecule has 1 saturated heterocycles. The lowest BCUT2D eigenvalue weighted by molar-refractivity contribution is -0.120. The van der Waals surface area contributed by atoms with Crippen LogP contribution in [-0.4, -0.2) is 52.7 Å². The van der Waals surface area contributed by atoms with E-state index >= 15 is 0 Å². The average molecular weight is 451 g/mol. The first-order valence-corrected chi connectivity index (χ1v) is 11.2. The lowest BCUT2D eigenvalue weighted by Crippen LogP contribution is -2.64. The van der Waals surface area contributed by atoms with Gasteiger partial charge in [0.25, 0.3) is 11.5 Å². The molecule has 33 heavy (non-hydrogen) atoms. The van der Waals surface area contributed by atoms with Crippen LogP contribution in [0.25, 0.3) is 16.7 Å². The van der Waals surface area contributed by atoms with E-state index in [-0.39, 0.29) is 29.1 Å². The van der Waals surface area contributed by atoms with Gasteiger partial charge < -0.3 is 15.1 Å². The van der Waals surface area contributed by atoms with Crippen LogP contribution in [0.4, 0.5) is 15.8 Å². The Bertz CT molecular complexity index is 1350. The number of aromatic nitrogens is 3. The maximum atomic E-state index is 14.5. The minimum Gasteiger partial charge on any atom is -0.354 e. The van der Waals surface area contributed by atoms with Gasteiger partial charge in [0, 0.05) is 37.8 Å². The van der Waals surface area contributed by atoms with Crippen LogP contribution in [0.2, 0.25) is 0 Å². The van der Waals surface area contributed by atoms with Crippen molar-refractivity contribution in [2.24, 2.45) is 0 Å². The number of hydrogen-bond donors (Lipinski definition) is 1. The SMILES string of the molecule is Cc1ccnc(C(C)C)c1-n1c(=O)c2c(c3cc(F)cnc31)N1CC(C)NCC1C(=O)N2C. The average Bonchev–Trinajstić information content (AvgIpc) is 2.77. The summed E-state index contributed by atoms with van der Waals surface area (Å²) in [6, 6.07) is 2.89. The van der Waals surface area contributed by atoms with Crippen molar-refractivity contribution in [3.8, 4) is 5.69 Å². The number of halogens is 1. The Kier molecular flexibility index (Phi) is 4.97. The lowest BCUT2D eigenvalue weighted by Gasteiger charge is -2.46. The summed E-state index contributed by atoms with van der Waals surface area (Å²) in [5, 5.41) is 3.83. The number of carbonyl (C=O) groups is 1. The molecule has 0 saturated carbocycles. The second-order valence-corrected chi connectivity index (χ2v) is 9.25. The van der Waals surface area contributed by atoms with Crippen molar-refractivity contribution in [2.75, 3.05) is 29.9 Å². The minimum absolute atomic E-state index is 0.0380. The van der Waals surface area contributed by atoms with Gasteiger partial charge in [-0.15, -0.1) is 0 Å². The van der Waals surface area contributed by atoms with Gasteiger partial charge in [-0.05, 0) is 37.5 Å².